The minimum atomic E-state index is -0.231. The third kappa shape index (κ3) is 3.95. The fourth-order valence-corrected chi connectivity index (χ4v) is 5.27. The molecule has 4 heterocycles. The summed E-state index contributed by atoms with van der Waals surface area (Å²) in [5.41, 5.74) is 2.45. The van der Waals surface area contributed by atoms with Crippen molar-refractivity contribution in [3.05, 3.63) is 88.1 Å². The first-order valence-electron chi connectivity index (χ1n) is 10.7. The Morgan fingerprint density at radius 1 is 0.935 bits per heavy atom. The van der Waals surface area contributed by atoms with E-state index in [1.165, 1.54) is 21.8 Å². The van der Waals surface area contributed by atoms with Gasteiger partial charge in [0.1, 0.15) is 11.5 Å². The molecule has 0 spiro atoms. The lowest BCUT2D eigenvalue weighted by Gasteiger charge is -2.34. The van der Waals surface area contributed by atoms with Crippen molar-refractivity contribution in [2.45, 2.75) is 25.8 Å². The van der Waals surface area contributed by atoms with E-state index in [1.54, 1.807) is 18.4 Å². The molecule has 0 saturated carbocycles. The van der Waals surface area contributed by atoms with Crippen LogP contribution in [0.3, 0.4) is 0 Å². The second kappa shape index (κ2) is 8.55. The zero-order valence-corrected chi connectivity index (χ0v) is 18.0. The van der Waals surface area contributed by atoms with Crippen LogP contribution >= 0.6 is 11.3 Å². The lowest BCUT2D eigenvalue weighted by atomic mass is 9.90. The highest BCUT2D eigenvalue weighted by atomic mass is 32.1. The van der Waals surface area contributed by atoms with E-state index >= 15 is 0 Å². The van der Waals surface area contributed by atoms with Gasteiger partial charge in [-0.15, -0.1) is 11.3 Å². The average Bonchev–Trinajstić information content (AvgIpc) is 3.54. The highest BCUT2D eigenvalue weighted by Crippen LogP contribution is 2.36. The van der Waals surface area contributed by atoms with Crippen molar-refractivity contribution in [1.29, 1.82) is 0 Å². The molecule has 3 aromatic rings. The van der Waals surface area contributed by atoms with Crippen LogP contribution in [0.5, 0.6) is 0 Å². The number of piperidine rings is 1. The molecule has 2 aromatic heterocycles. The maximum Gasteiger partial charge on any atom is 0.278 e. The van der Waals surface area contributed by atoms with Crippen LogP contribution in [0, 0.1) is 5.92 Å². The van der Waals surface area contributed by atoms with Gasteiger partial charge in [-0.1, -0.05) is 36.4 Å². The molecule has 31 heavy (non-hydrogen) atoms. The summed E-state index contributed by atoms with van der Waals surface area (Å²) in [6, 6.07) is 18.0. The Bertz CT molecular complexity index is 1080. The summed E-state index contributed by atoms with van der Waals surface area (Å²) >= 11 is 1.50. The smallest absolute Gasteiger partial charge is 0.278 e. The minimum absolute atomic E-state index is 0.160. The van der Waals surface area contributed by atoms with E-state index in [-0.39, 0.29) is 18.4 Å². The van der Waals surface area contributed by atoms with Crippen molar-refractivity contribution in [3.8, 4) is 0 Å². The van der Waals surface area contributed by atoms with Crippen LogP contribution in [0.15, 0.2) is 76.4 Å². The molecular formula is C25H24N2O3S. The molecule has 0 radical (unpaired) electrons. The Morgan fingerprint density at radius 3 is 2.42 bits per heavy atom. The van der Waals surface area contributed by atoms with Crippen molar-refractivity contribution in [1.82, 2.24) is 9.80 Å². The van der Waals surface area contributed by atoms with Gasteiger partial charge in [-0.05, 0) is 54.3 Å². The van der Waals surface area contributed by atoms with Crippen LogP contribution in [-0.2, 0) is 22.6 Å². The molecule has 0 atom stereocenters. The number of imide groups is 1. The summed E-state index contributed by atoms with van der Waals surface area (Å²) in [6.45, 7) is 1.73. The van der Waals surface area contributed by atoms with E-state index in [2.05, 4.69) is 29.2 Å². The van der Waals surface area contributed by atoms with Gasteiger partial charge in [0.2, 0.25) is 0 Å². The summed E-state index contributed by atoms with van der Waals surface area (Å²) in [6.07, 6.45) is 4.64. The Hall–Kier alpha value is -3.12. The number of likely N-dealkylation sites (tertiary alicyclic amines) is 1. The lowest BCUT2D eigenvalue weighted by Crippen LogP contribution is -2.38. The topological polar surface area (TPSA) is 53.8 Å². The number of carbonyl (C=O) groups is 2. The number of thiophene rings is 1. The van der Waals surface area contributed by atoms with Crippen LogP contribution < -0.4 is 0 Å². The number of hydrogen-bond acceptors (Lipinski definition) is 5. The molecular weight excluding hydrogens is 408 g/mol. The lowest BCUT2D eigenvalue weighted by molar-refractivity contribution is -0.138. The molecule has 2 aliphatic rings. The van der Waals surface area contributed by atoms with Gasteiger partial charge in [-0.2, -0.15) is 0 Å². The summed E-state index contributed by atoms with van der Waals surface area (Å²) in [5, 5.41) is 1.94. The van der Waals surface area contributed by atoms with Crippen molar-refractivity contribution in [2.24, 2.45) is 5.92 Å². The second-order valence-corrected chi connectivity index (χ2v) is 9.04. The fourth-order valence-electron chi connectivity index (χ4n) is 4.51. The Morgan fingerprint density at radius 2 is 1.74 bits per heavy atom. The Balaban J connectivity index is 1.36. The molecule has 0 N–H and O–H groups in total. The SMILES string of the molecule is O=C1C(c2cccs2)=C(N2CCC(Cc3ccccc3)CC2)C(=O)N1Cc1ccco1. The first kappa shape index (κ1) is 19.8. The van der Waals surface area contributed by atoms with E-state index in [0.717, 1.165) is 37.2 Å². The quantitative estimate of drug-likeness (QED) is 0.535. The van der Waals surface area contributed by atoms with Gasteiger partial charge in [0.25, 0.3) is 11.8 Å². The highest BCUT2D eigenvalue weighted by molar-refractivity contribution is 7.11. The Kier molecular flexibility index (Phi) is 5.47. The van der Waals surface area contributed by atoms with E-state index in [0.29, 0.717) is 22.9 Å². The van der Waals surface area contributed by atoms with Crippen LogP contribution in [0.25, 0.3) is 5.57 Å². The molecule has 1 saturated heterocycles. The molecule has 0 aliphatic carbocycles. The van der Waals surface area contributed by atoms with Crippen LogP contribution in [0.4, 0.5) is 0 Å². The van der Waals surface area contributed by atoms with Crippen molar-refractivity contribution in [2.75, 3.05) is 13.1 Å². The normalized spacial score (nSPS) is 17.8. The minimum Gasteiger partial charge on any atom is -0.467 e. The predicted octanol–water partition coefficient (Wildman–Crippen LogP) is 4.58. The van der Waals surface area contributed by atoms with E-state index in [9.17, 15) is 9.59 Å². The van der Waals surface area contributed by atoms with Gasteiger partial charge in [0.15, 0.2) is 0 Å². The first-order chi connectivity index (χ1) is 15.2. The van der Waals surface area contributed by atoms with Crippen molar-refractivity contribution in [3.63, 3.8) is 0 Å². The third-order valence-corrected chi connectivity index (χ3v) is 6.99. The summed E-state index contributed by atoms with van der Waals surface area (Å²) < 4.78 is 5.39. The second-order valence-electron chi connectivity index (χ2n) is 8.10. The van der Waals surface area contributed by atoms with Crippen molar-refractivity contribution < 1.29 is 14.0 Å². The van der Waals surface area contributed by atoms with E-state index in [1.807, 2.05) is 23.6 Å². The van der Waals surface area contributed by atoms with Gasteiger partial charge in [0, 0.05) is 18.0 Å². The zero-order chi connectivity index (χ0) is 21.2. The van der Waals surface area contributed by atoms with Crippen LogP contribution in [-0.4, -0.2) is 34.7 Å². The van der Waals surface area contributed by atoms with Crippen LogP contribution in [0.1, 0.15) is 29.0 Å². The number of benzene rings is 1. The van der Waals surface area contributed by atoms with E-state index in [4.69, 9.17) is 4.42 Å². The molecule has 2 aliphatic heterocycles. The largest absolute Gasteiger partial charge is 0.467 e. The maximum absolute atomic E-state index is 13.4. The average molecular weight is 433 g/mol. The first-order valence-corrected chi connectivity index (χ1v) is 11.5. The fraction of sp³-hybridized carbons (Fsp3) is 0.280. The molecule has 1 aromatic carbocycles. The van der Waals surface area contributed by atoms with Gasteiger partial charge < -0.3 is 9.32 Å². The zero-order valence-electron chi connectivity index (χ0n) is 17.2. The van der Waals surface area contributed by atoms with Gasteiger partial charge in [-0.3, -0.25) is 14.5 Å². The maximum atomic E-state index is 13.4. The number of furan rings is 1. The number of carbonyl (C=O) groups excluding carboxylic acids is 2. The van der Waals surface area contributed by atoms with Gasteiger partial charge >= 0.3 is 0 Å². The molecule has 0 bridgehead atoms. The third-order valence-electron chi connectivity index (χ3n) is 6.10. The predicted molar refractivity (Wildman–Crippen MR) is 120 cm³/mol. The molecule has 158 valence electrons. The van der Waals surface area contributed by atoms with Crippen LogP contribution in [0.2, 0.25) is 0 Å². The number of rotatable bonds is 6. The molecule has 5 rings (SSSR count). The Labute approximate surface area is 185 Å². The summed E-state index contributed by atoms with van der Waals surface area (Å²) in [4.78, 5) is 31.0. The monoisotopic (exact) mass is 432 g/mol. The van der Waals surface area contributed by atoms with E-state index < -0.39 is 0 Å². The standard InChI is InChI=1S/C25H24N2O3S/c28-24-22(21-9-5-15-31-21)23(25(29)27(24)17-20-8-4-14-30-20)26-12-10-19(11-13-26)16-18-6-2-1-3-7-18/h1-9,14-15,19H,10-13,16-17H2. The molecule has 1 fully saturated rings. The van der Waals surface area contributed by atoms with Crippen molar-refractivity contribution >= 4 is 28.7 Å². The highest BCUT2D eigenvalue weighted by Gasteiger charge is 2.42. The van der Waals surface area contributed by atoms with Gasteiger partial charge in [0.05, 0.1) is 18.4 Å². The number of nitrogens with zero attached hydrogens (tertiary/aromatic N) is 2. The molecule has 0 unspecified atom stereocenters. The summed E-state index contributed by atoms with van der Waals surface area (Å²) in [7, 11) is 0. The molecule has 2 amide bonds. The molecule has 5 nitrogen and oxygen atoms in total. The van der Waals surface area contributed by atoms with Gasteiger partial charge in [-0.25, -0.2) is 0 Å². The number of amides is 2. The summed E-state index contributed by atoms with van der Waals surface area (Å²) in [5.74, 6) is 0.752. The number of hydrogen-bond donors (Lipinski definition) is 0. The molecule has 6 heteroatoms.